The molecule has 3 N–H and O–H groups in total. The molecule has 0 bridgehead atoms. The van der Waals surface area contributed by atoms with E-state index in [1.54, 1.807) is 18.3 Å². The third-order valence-corrected chi connectivity index (χ3v) is 3.09. The second kappa shape index (κ2) is 5.25. The van der Waals surface area contributed by atoms with Crippen molar-refractivity contribution in [2.24, 2.45) is 5.84 Å². The van der Waals surface area contributed by atoms with Crippen molar-refractivity contribution in [2.75, 3.05) is 6.54 Å². The molecule has 0 aromatic carbocycles. The Labute approximate surface area is 101 Å². The minimum absolute atomic E-state index is 0.278. The lowest BCUT2D eigenvalue weighted by molar-refractivity contribution is 0.0950. The van der Waals surface area contributed by atoms with Crippen molar-refractivity contribution in [3.8, 4) is 0 Å². The van der Waals surface area contributed by atoms with Crippen molar-refractivity contribution in [2.45, 2.75) is 32.4 Å². The molecule has 1 aliphatic carbocycles. The number of hydrogen-bond acceptors (Lipinski definition) is 4. The minimum Gasteiger partial charge on any atom is -0.295 e. The van der Waals surface area contributed by atoms with Crippen LogP contribution in [0.25, 0.3) is 0 Å². The number of rotatable bonds is 5. The van der Waals surface area contributed by atoms with E-state index in [2.05, 4.69) is 22.2 Å². The van der Waals surface area contributed by atoms with Gasteiger partial charge in [0.15, 0.2) is 0 Å². The van der Waals surface area contributed by atoms with E-state index in [0.29, 0.717) is 18.2 Å². The number of nitrogens with two attached hydrogens (primary N) is 1. The van der Waals surface area contributed by atoms with E-state index in [-0.39, 0.29) is 5.91 Å². The smallest absolute Gasteiger partial charge is 0.267 e. The lowest BCUT2D eigenvalue weighted by Crippen LogP contribution is -2.32. The predicted molar refractivity (Wildman–Crippen MR) is 65.0 cm³/mol. The number of hydrazine groups is 1. The summed E-state index contributed by atoms with van der Waals surface area (Å²) in [5, 5.41) is 0. The monoisotopic (exact) mass is 234 g/mol. The quantitative estimate of drug-likeness (QED) is 0.446. The summed E-state index contributed by atoms with van der Waals surface area (Å²) in [6.45, 7) is 3.82. The summed E-state index contributed by atoms with van der Waals surface area (Å²) < 4.78 is 0. The molecule has 0 saturated heterocycles. The van der Waals surface area contributed by atoms with E-state index in [1.807, 2.05) is 0 Å². The van der Waals surface area contributed by atoms with Crippen LogP contribution in [0.4, 0.5) is 0 Å². The Hall–Kier alpha value is -1.46. The van der Waals surface area contributed by atoms with Gasteiger partial charge in [0.25, 0.3) is 5.91 Å². The summed E-state index contributed by atoms with van der Waals surface area (Å²) in [5.74, 6) is 4.89. The summed E-state index contributed by atoms with van der Waals surface area (Å²) in [5.41, 5.74) is 3.52. The second-order valence-corrected chi connectivity index (χ2v) is 4.27. The van der Waals surface area contributed by atoms with Crippen LogP contribution in [-0.2, 0) is 6.54 Å². The Balaban J connectivity index is 2.16. The first-order valence-electron chi connectivity index (χ1n) is 5.95. The van der Waals surface area contributed by atoms with Gasteiger partial charge in [0, 0.05) is 18.8 Å². The average Bonchev–Trinajstić information content (AvgIpc) is 3.19. The van der Waals surface area contributed by atoms with Crippen LogP contribution in [0, 0.1) is 0 Å². The van der Waals surface area contributed by atoms with Gasteiger partial charge in [0.2, 0.25) is 0 Å². The molecular weight excluding hydrogens is 216 g/mol. The number of aromatic nitrogens is 1. The first-order chi connectivity index (χ1) is 8.26. The molecule has 5 heteroatoms. The highest BCUT2D eigenvalue weighted by Gasteiger charge is 2.28. The summed E-state index contributed by atoms with van der Waals surface area (Å²) in [4.78, 5) is 18.2. The summed E-state index contributed by atoms with van der Waals surface area (Å²) in [6, 6.07) is 4.17. The number of nitrogen functional groups attached to an aromatic ring is 1. The minimum atomic E-state index is -0.278. The maximum atomic E-state index is 11.6. The summed E-state index contributed by atoms with van der Waals surface area (Å²) in [7, 11) is 0. The fourth-order valence-corrected chi connectivity index (χ4v) is 1.98. The molecule has 92 valence electrons. The zero-order valence-electron chi connectivity index (χ0n) is 10.0. The van der Waals surface area contributed by atoms with Crippen LogP contribution in [0.3, 0.4) is 0 Å². The first-order valence-corrected chi connectivity index (χ1v) is 5.95. The van der Waals surface area contributed by atoms with Gasteiger partial charge < -0.3 is 0 Å². The largest absolute Gasteiger partial charge is 0.295 e. The van der Waals surface area contributed by atoms with E-state index >= 15 is 0 Å². The lowest BCUT2D eigenvalue weighted by Gasteiger charge is -2.20. The Morgan fingerprint density at radius 2 is 2.41 bits per heavy atom. The Bertz CT molecular complexity index is 403. The molecule has 1 amide bonds. The second-order valence-electron chi connectivity index (χ2n) is 4.27. The number of carbonyl (C=O) groups is 1. The maximum absolute atomic E-state index is 11.6. The van der Waals surface area contributed by atoms with Gasteiger partial charge in [0.05, 0.1) is 11.3 Å². The Morgan fingerprint density at radius 1 is 1.65 bits per heavy atom. The van der Waals surface area contributed by atoms with Crippen LogP contribution in [0.5, 0.6) is 0 Å². The molecule has 2 rings (SSSR count). The van der Waals surface area contributed by atoms with Gasteiger partial charge in [-0.15, -0.1) is 0 Å². The van der Waals surface area contributed by atoms with Crippen LogP contribution < -0.4 is 11.3 Å². The molecule has 1 aromatic rings. The van der Waals surface area contributed by atoms with Crippen LogP contribution in [0.2, 0.25) is 0 Å². The van der Waals surface area contributed by atoms with Gasteiger partial charge in [-0.2, -0.15) is 0 Å². The maximum Gasteiger partial charge on any atom is 0.267 e. The van der Waals surface area contributed by atoms with Crippen molar-refractivity contribution in [1.29, 1.82) is 0 Å². The molecule has 0 atom stereocenters. The summed E-state index contributed by atoms with van der Waals surface area (Å²) in [6.07, 6.45) is 4.21. The topological polar surface area (TPSA) is 71.2 Å². The Morgan fingerprint density at radius 3 is 3.00 bits per heavy atom. The number of pyridine rings is 1. The SMILES string of the molecule is CCN(Cc1ncccc1C(=O)NN)C1CC1. The third-order valence-electron chi connectivity index (χ3n) is 3.09. The van der Waals surface area contributed by atoms with E-state index < -0.39 is 0 Å². The van der Waals surface area contributed by atoms with Crippen molar-refractivity contribution >= 4 is 5.91 Å². The molecule has 1 heterocycles. The van der Waals surface area contributed by atoms with E-state index in [9.17, 15) is 4.79 Å². The van der Waals surface area contributed by atoms with Crippen molar-refractivity contribution < 1.29 is 4.79 Å². The molecule has 17 heavy (non-hydrogen) atoms. The molecule has 1 aliphatic rings. The predicted octanol–water partition coefficient (Wildman–Crippen LogP) is 0.669. The Kier molecular flexibility index (Phi) is 3.71. The zero-order chi connectivity index (χ0) is 12.3. The van der Waals surface area contributed by atoms with Crippen molar-refractivity contribution in [3.05, 3.63) is 29.6 Å². The molecule has 0 spiro atoms. The number of carbonyl (C=O) groups excluding carboxylic acids is 1. The standard InChI is InChI=1S/C12H18N4O/c1-2-16(9-5-6-9)8-11-10(12(17)15-13)4-3-7-14-11/h3-4,7,9H,2,5-6,8,13H2,1H3,(H,15,17). The first kappa shape index (κ1) is 12.0. The van der Waals surface area contributed by atoms with Gasteiger partial charge in [0.1, 0.15) is 0 Å². The number of amides is 1. The van der Waals surface area contributed by atoms with Gasteiger partial charge in [-0.25, -0.2) is 5.84 Å². The highest BCUT2D eigenvalue weighted by atomic mass is 16.2. The molecule has 0 unspecified atom stereocenters. The number of nitrogens with one attached hydrogen (secondary N) is 1. The van der Waals surface area contributed by atoms with Gasteiger partial charge in [-0.1, -0.05) is 6.92 Å². The molecule has 1 aromatic heterocycles. The van der Waals surface area contributed by atoms with Crippen molar-refractivity contribution in [3.63, 3.8) is 0 Å². The van der Waals surface area contributed by atoms with Gasteiger partial charge >= 0.3 is 0 Å². The highest BCUT2D eigenvalue weighted by Crippen LogP contribution is 2.28. The van der Waals surface area contributed by atoms with E-state index in [1.165, 1.54) is 12.8 Å². The third kappa shape index (κ3) is 2.81. The van der Waals surface area contributed by atoms with Gasteiger partial charge in [-0.05, 0) is 31.5 Å². The molecule has 1 saturated carbocycles. The molecule has 0 radical (unpaired) electrons. The zero-order valence-corrected chi connectivity index (χ0v) is 10.0. The molecule has 0 aliphatic heterocycles. The lowest BCUT2D eigenvalue weighted by atomic mass is 10.1. The summed E-state index contributed by atoms with van der Waals surface area (Å²) >= 11 is 0. The molecular formula is C12H18N4O. The number of nitrogens with zero attached hydrogens (tertiary/aromatic N) is 2. The fourth-order valence-electron chi connectivity index (χ4n) is 1.98. The van der Waals surface area contributed by atoms with Crippen LogP contribution >= 0.6 is 0 Å². The number of hydrogen-bond donors (Lipinski definition) is 2. The van der Waals surface area contributed by atoms with Crippen LogP contribution in [-0.4, -0.2) is 28.4 Å². The molecule has 1 fully saturated rings. The molecule has 5 nitrogen and oxygen atoms in total. The normalized spacial score (nSPS) is 15.0. The van der Waals surface area contributed by atoms with Crippen molar-refractivity contribution in [1.82, 2.24) is 15.3 Å². The van der Waals surface area contributed by atoms with Crippen LogP contribution in [0.1, 0.15) is 35.8 Å². The van der Waals surface area contributed by atoms with E-state index in [4.69, 9.17) is 5.84 Å². The fraction of sp³-hybridized carbons (Fsp3) is 0.500. The average molecular weight is 234 g/mol. The van der Waals surface area contributed by atoms with E-state index in [0.717, 1.165) is 12.2 Å². The van der Waals surface area contributed by atoms with Crippen LogP contribution in [0.15, 0.2) is 18.3 Å². The highest BCUT2D eigenvalue weighted by molar-refractivity contribution is 5.94. The van der Waals surface area contributed by atoms with Gasteiger partial charge in [-0.3, -0.25) is 20.1 Å².